The summed E-state index contributed by atoms with van der Waals surface area (Å²) in [7, 11) is 0. The Morgan fingerprint density at radius 1 is 1.17 bits per heavy atom. The van der Waals surface area contributed by atoms with Crippen LogP contribution in [0.3, 0.4) is 0 Å². The summed E-state index contributed by atoms with van der Waals surface area (Å²) >= 11 is 0. The number of nitrogens with one attached hydrogen (secondary N) is 1. The molecule has 0 aliphatic heterocycles. The molecule has 124 valence electrons. The van der Waals surface area contributed by atoms with Crippen LogP contribution in [0.5, 0.6) is 0 Å². The van der Waals surface area contributed by atoms with E-state index in [2.05, 4.69) is 19.2 Å². The van der Waals surface area contributed by atoms with Gasteiger partial charge >= 0.3 is 0 Å². The van der Waals surface area contributed by atoms with Crippen LogP contribution in [-0.4, -0.2) is 17.0 Å². The second-order valence-electron chi connectivity index (χ2n) is 6.47. The highest BCUT2D eigenvalue weighted by Crippen LogP contribution is 2.23. The number of rotatable bonds is 5. The van der Waals surface area contributed by atoms with E-state index >= 15 is 0 Å². The fourth-order valence-corrected chi connectivity index (χ4v) is 2.69. The van der Waals surface area contributed by atoms with Gasteiger partial charge in [-0.3, -0.25) is 4.79 Å². The molecule has 3 nitrogen and oxygen atoms in total. The molecule has 4 heteroatoms. The first-order chi connectivity index (χ1) is 10.8. The molecule has 0 spiro atoms. The summed E-state index contributed by atoms with van der Waals surface area (Å²) in [4.78, 5) is 12.6. The second kappa shape index (κ2) is 6.99. The molecule has 1 N–H and O–H groups in total. The van der Waals surface area contributed by atoms with E-state index in [1.807, 2.05) is 31.4 Å². The Balaban J connectivity index is 2.41. The fraction of sp³-hybridized carbons (Fsp3) is 0.421. The maximum Gasteiger partial charge on any atom is 0.268 e. The molecule has 1 heterocycles. The van der Waals surface area contributed by atoms with Gasteiger partial charge in [0.15, 0.2) is 0 Å². The fourth-order valence-electron chi connectivity index (χ4n) is 2.69. The Kier molecular flexibility index (Phi) is 5.24. The quantitative estimate of drug-likeness (QED) is 0.889. The number of carbonyl (C=O) groups excluding carboxylic acids is 1. The van der Waals surface area contributed by atoms with Crippen molar-refractivity contribution in [2.75, 3.05) is 6.54 Å². The molecular formula is C19H25FN2O. The zero-order chi connectivity index (χ0) is 17.1. The van der Waals surface area contributed by atoms with Gasteiger partial charge in [-0.15, -0.1) is 0 Å². The molecule has 0 saturated carbocycles. The molecule has 0 fully saturated rings. The Morgan fingerprint density at radius 2 is 1.83 bits per heavy atom. The number of hydrogen-bond acceptors (Lipinski definition) is 1. The van der Waals surface area contributed by atoms with Gasteiger partial charge in [-0.05, 0) is 43.9 Å². The summed E-state index contributed by atoms with van der Waals surface area (Å²) in [5.74, 6) is 0.0459. The first-order valence-corrected chi connectivity index (χ1v) is 8.00. The number of aromatic nitrogens is 1. The molecule has 0 radical (unpaired) electrons. The van der Waals surface area contributed by atoms with Crippen LogP contribution in [0.2, 0.25) is 0 Å². The van der Waals surface area contributed by atoms with Gasteiger partial charge in [0.2, 0.25) is 0 Å². The Morgan fingerprint density at radius 3 is 2.43 bits per heavy atom. The molecule has 1 aromatic heterocycles. The highest BCUT2D eigenvalue weighted by Gasteiger charge is 2.21. The highest BCUT2D eigenvalue weighted by molar-refractivity contribution is 5.95. The summed E-state index contributed by atoms with van der Waals surface area (Å²) in [5.41, 5.74) is 4.25. The first kappa shape index (κ1) is 17.3. The van der Waals surface area contributed by atoms with Gasteiger partial charge in [-0.1, -0.05) is 32.0 Å². The van der Waals surface area contributed by atoms with Gasteiger partial charge in [-0.2, -0.15) is 0 Å². The van der Waals surface area contributed by atoms with E-state index in [9.17, 15) is 9.18 Å². The van der Waals surface area contributed by atoms with Crippen LogP contribution in [0.1, 0.15) is 46.7 Å². The van der Waals surface area contributed by atoms with Crippen molar-refractivity contribution in [3.8, 4) is 0 Å². The van der Waals surface area contributed by atoms with Crippen molar-refractivity contribution in [3.63, 3.8) is 0 Å². The number of nitrogens with zero attached hydrogens (tertiary/aromatic N) is 1. The normalized spacial score (nSPS) is 11.1. The van der Waals surface area contributed by atoms with Crippen molar-refractivity contribution in [3.05, 3.63) is 58.2 Å². The van der Waals surface area contributed by atoms with Crippen molar-refractivity contribution in [2.24, 2.45) is 5.92 Å². The predicted molar refractivity (Wildman–Crippen MR) is 91.3 cm³/mol. The predicted octanol–water partition coefficient (Wildman–Crippen LogP) is 3.99. The molecule has 0 saturated heterocycles. The Labute approximate surface area is 137 Å². The summed E-state index contributed by atoms with van der Waals surface area (Å²) < 4.78 is 15.9. The van der Waals surface area contributed by atoms with Crippen LogP contribution in [0.25, 0.3) is 0 Å². The number of benzene rings is 1. The third kappa shape index (κ3) is 3.63. The molecule has 2 aromatic rings. The zero-order valence-electron chi connectivity index (χ0n) is 14.5. The maximum atomic E-state index is 14.0. The average molecular weight is 316 g/mol. The molecule has 0 unspecified atom stereocenters. The van der Waals surface area contributed by atoms with Crippen LogP contribution in [0.15, 0.2) is 24.3 Å². The van der Waals surface area contributed by atoms with E-state index < -0.39 is 0 Å². The monoisotopic (exact) mass is 316 g/mol. The van der Waals surface area contributed by atoms with E-state index in [-0.39, 0.29) is 11.7 Å². The van der Waals surface area contributed by atoms with Gasteiger partial charge in [0.25, 0.3) is 5.91 Å². The van der Waals surface area contributed by atoms with Crippen molar-refractivity contribution in [1.82, 2.24) is 9.88 Å². The number of hydrogen-bond donors (Lipinski definition) is 1. The summed E-state index contributed by atoms with van der Waals surface area (Å²) in [6, 6.07) is 6.70. The van der Waals surface area contributed by atoms with Crippen molar-refractivity contribution < 1.29 is 9.18 Å². The molecule has 0 atom stereocenters. The topological polar surface area (TPSA) is 34.0 Å². The minimum atomic E-state index is -0.246. The molecular weight excluding hydrogens is 291 g/mol. The lowest BCUT2D eigenvalue weighted by Gasteiger charge is -2.14. The maximum absolute atomic E-state index is 14.0. The van der Waals surface area contributed by atoms with Gasteiger partial charge in [0.05, 0.1) is 6.54 Å². The summed E-state index contributed by atoms with van der Waals surface area (Å²) in [6.07, 6.45) is 0. The number of halogens is 1. The smallest absolute Gasteiger partial charge is 0.268 e. The molecule has 0 bridgehead atoms. The minimum Gasteiger partial charge on any atom is -0.350 e. The van der Waals surface area contributed by atoms with Gasteiger partial charge in [0, 0.05) is 17.8 Å². The van der Waals surface area contributed by atoms with Crippen LogP contribution < -0.4 is 5.32 Å². The van der Waals surface area contributed by atoms with Crippen LogP contribution in [-0.2, 0) is 6.54 Å². The Hall–Kier alpha value is -2.10. The average Bonchev–Trinajstić information content (AvgIpc) is 2.71. The van der Waals surface area contributed by atoms with Crippen molar-refractivity contribution in [1.29, 1.82) is 0 Å². The van der Waals surface area contributed by atoms with Crippen molar-refractivity contribution in [2.45, 2.75) is 41.2 Å². The van der Waals surface area contributed by atoms with Crippen molar-refractivity contribution >= 4 is 5.91 Å². The molecule has 1 aromatic carbocycles. The van der Waals surface area contributed by atoms with E-state index in [0.29, 0.717) is 30.3 Å². The third-order valence-electron chi connectivity index (χ3n) is 4.31. The lowest BCUT2D eigenvalue weighted by molar-refractivity contribution is 0.0939. The SMILES string of the molecule is Cc1c(C)c(C(=O)NCC(C)C)n(Cc2ccccc2F)c1C. The van der Waals surface area contributed by atoms with E-state index in [1.54, 1.807) is 12.1 Å². The number of carbonyl (C=O) groups is 1. The second-order valence-corrected chi connectivity index (χ2v) is 6.47. The minimum absolute atomic E-state index is 0.0938. The van der Waals surface area contributed by atoms with E-state index in [4.69, 9.17) is 0 Å². The molecule has 0 aliphatic rings. The van der Waals surface area contributed by atoms with Gasteiger partial charge in [-0.25, -0.2) is 4.39 Å². The summed E-state index contributed by atoms with van der Waals surface area (Å²) in [5, 5.41) is 2.97. The van der Waals surface area contributed by atoms with Gasteiger partial charge in [0.1, 0.15) is 11.5 Å². The van der Waals surface area contributed by atoms with Crippen LogP contribution in [0, 0.1) is 32.5 Å². The zero-order valence-corrected chi connectivity index (χ0v) is 14.5. The lowest BCUT2D eigenvalue weighted by Crippen LogP contribution is -2.30. The number of amides is 1. The Bertz CT molecular complexity index is 716. The third-order valence-corrected chi connectivity index (χ3v) is 4.31. The van der Waals surface area contributed by atoms with Gasteiger partial charge < -0.3 is 9.88 Å². The highest BCUT2D eigenvalue weighted by atomic mass is 19.1. The lowest BCUT2D eigenvalue weighted by atomic mass is 10.1. The first-order valence-electron chi connectivity index (χ1n) is 8.00. The standard InChI is InChI=1S/C19H25FN2O/c1-12(2)10-21-19(23)18-14(4)13(3)15(5)22(18)11-16-8-6-7-9-17(16)20/h6-9,12H,10-11H2,1-5H3,(H,21,23). The van der Waals surface area contributed by atoms with E-state index in [1.165, 1.54) is 6.07 Å². The van der Waals surface area contributed by atoms with E-state index in [0.717, 1.165) is 16.8 Å². The molecule has 23 heavy (non-hydrogen) atoms. The summed E-state index contributed by atoms with van der Waals surface area (Å²) in [6.45, 7) is 11.0. The largest absolute Gasteiger partial charge is 0.350 e. The molecule has 2 rings (SSSR count). The van der Waals surface area contributed by atoms with Crippen LogP contribution in [0.4, 0.5) is 4.39 Å². The molecule has 0 aliphatic carbocycles. The molecule has 1 amide bonds. The van der Waals surface area contributed by atoms with Crippen LogP contribution >= 0.6 is 0 Å².